The molecule has 0 bridgehead atoms. The Balaban J connectivity index is 1.79. The first-order chi connectivity index (χ1) is 5.83. The first-order valence-electron chi connectivity index (χ1n) is 4.41. The van der Waals surface area contributed by atoms with Crippen molar-refractivity contribution >= 4 is 6.09 Å². The number of carbonyl (C=O) groups is 1. The Morgan fingerprint density at radius 3 is 3.08 bits per heavy atom. The lowest BCUT2D eigenvalue weighted by molar-refractivity contribution is 0.0999. The van der Waals surface area contributed by atoms with Gasteiger partial charge in [0.25, 0.3) is 0 Å². The van der Waals surface area contributed by atoms with E-state index in [1.807, 2.05) is 4.90 Å². The number of amides is 1. The third-order valence-electron chi connectivity index (χ3n) is 2.60. The minimum absolute atomic E-state index is 0.158. The summed E-state index contributed by atoms with van der Waals surface area (Å²) >= 11 is 0. The number of ether oxygens (including phenoxy) is 1. The Morgan fingerprint density at radius 2 is 2.58 bits per heavy atom. The van der Waals surface area contributed by atoms with Gasteiger partial charge in [-0.25, -0.2) is 4.79 Å². The van der Waals surface area contributed by atoms with Crippen LogP contribution in [0, 0.1) is 5.92 Å². The molecule has 68 valence electrons. The van der Waals surface area contributed by atoms with Gasteiger partial charge in [-0.3, -0.25) is 5.32 Å². The van der Waals surface area contributed by atoms with Gasteiger partial charge < -0.3 is 9.64 Å². The van der Waals surface area contributed by atoms with Crippen LogP contribution in [0.25, 0.3) is 0 Å². The zero-order valence-electron chi connectivity index (χ0n) is 7.25. The topological polar surface area (TPSA) is 41.6 Å². The minimum Gasteiger partial charge on any atom is -0.433 e. The predicted octanol–water partition coefficient (Wildman–Crippen LogP) is 0.394. The molecular formula is C8H14N2O2. The van der Waals surface area contributed by atoms with E-state index in [1.165, 1.54) is 12.8 Å². The van der Waals surface area contributed by atoms with E-state index in [0.717, 1.165) is 12.5 Å². The molecule has 2 rings (SSSR count). The zero-order chi connectivity index (χ0) is 8.55. The highest BCUT2D eigenvalue weighted by molar-refractivity contribution is 5.69. The fourth-order valence-electron chi connectivity index (χ4n) is 1.84. The number of nitrogens with zero attached hydrogens (tertiary/aromatic N) is 1. The van der Waals surface area contributed by atoms with Crippen molar-refractivity contribution in [1.82, 2.24) is 10.2 Å². The lowest BCUT2D eigenvalue weighted by Crippen LogP contribution is -2.33. The quantitative estimate of drug-likeness (QED) is 0.610. The van der Waals surface area contributed by atoms with Crippen LogP contribution in [0.2, 0.25) is 0 Å². The molecular weight excluding hydrogens is 156 g/mol. The van der Waals surface area contributed by atoms with Crippen LogP contribution in [0.3, 0.4) is 0 Å². The average molecular weight is 170 g/mol. The summed E-state index contributed by atoms with van der Waals surface area (Å²) in [4.78, 5) is 13.2. The first kappa shape index (κ1) is 7.86. The fourth-order valence-corrected chi connectivity index (χ4v) is 1.84. The molecule has 0 aromatic carbocycles. The molecule has 1 heterocycles. The summed E-state index contributed by atoms with van der Waals surface area (Å²) in [7, 11) is 1.76. The third kappa shape index (κ3) is 1.27. The molecule has 4 heteroatoms. The maximum absolute atomic E-state index is 11.3. The van der Waals surface area contributed by atoms with Crippen LogP contribution in [0.5, 0.6) is 0 Å². The molecule has 2 atom stereocenters. The van der Waals surface area contributed by atoms with Crippen LogP contribution < -0.4 is 5.32 Å². The van der Waals surface area contributed by atoms with E-state index in [2.05, 4.69) is 5.32 Å². The van der Waals surface area contributed by atoms with E-state index in [4.69, 9.17) is 4.74 Å². The smallest absolute Gasteiger partial charge is 0.411 e. The second-order valence-electron chi connectivity index (χ2n) is 3.45. The van der Waals surface area contributed by atoms with Crippen LogP contribution in [-0.2, 0) is 4.74 Å². The molecule has 4 nitrogen and oxygen atoms in total. The van der Waals surface area contributed by atoms with Crippen molar-refractivity contribution in [2.24, 2.45) is 5.92 Å². The van der Waals surface area contributed by atoms with Crippen LogP contribution in [0.4, 0.5) is 4.79 Å². The molecule has 1 aliphatic heterocycles. The molecule has 2 unspecified atom stereocenters. The summed E-state index contributed by atoms with van der Waals surface area (Å²) in [6.07, 6.45) is 2.20. The van der Waals surface area contributed by atoms with Crippen molar-refractivity contribution in [3.63, 3.8) is 0 Å². The maximum atomic E-state index is 11.3. The standard InChI is InChI=1S/C8H14N2O2/c1-9-5-12-8(11)10-3-2-6-4-7(6)10/h6-7,9H,2-5H2,1H3. The van der Waals surface area contributed by atoms with E-state index in [9.17, 15) is 4.79 Å². The Bertz CT molecular complexity index is 195. The predicted molar refractivity (Wildman–Crippen MR) is 43.6 cm³/mol. The second kappa shape index (κ2) is 2.94. The molecule has 2 fully saturated rings. The molecule has 1 amide bonds. The minimum atomic E-state index is -0.158. The van der Waals surface area contributed by atoms with Gasteiger partial charge in [0.2, 0.25) is 0 Å². The van der Waals surface area contributed by atoms with Crippen molar-refractivity contribution in [3.05, 3.63) is 0 Å². The molecule has 1 N–H and O–H groups in total. The highest BCUT2D eigenvalue weighted by Gasteiger charge is 2.49. The summed E-state index contributed by atoms with van der Waals surface area (Å²) in [5.74, 6) is 0.784. The van der Waals surface area contributed by atoms with Crippen molar-refractivity contribution in [3.8, 4) is 0 Å². The van der Waals surface area contributed by atoms with Crippen LogP contribution >= 0.6 is 0 Å². The van der Waals surface area contributed by atoms with Crippen LogP contribution in [-0.4, -0.2) is 37.4 Å². The Morgan fingerprint density at radius 1 is 1.75 bits per heavy atom. The molecule has 0 aromatic rings. The van der Waals surface area contributed by atoms with Gasteiger partial charge in [0.05, 0.1) is 0 Å². The van der Waals surface area contributed by atoms with Gasteiger partial charge in [-0.1, -0.05) is 0 Å². The van der Waals surface area contributed by atoms with Crippen molar-refractivity contribution in [2.45, 2.75) is 18.9 Å². The Hall–Kier alpha value is -0.770. The van der Waals surface area contributed by atoms with Gasteiger partial charge in [-0.15, -0.1) is 0 Å². The van der Waals surface area contributed by atoms with Gasteiger partial charge in [0, 0.05) is 12.6 Å². The lowest BCUT2D eigenvalue weighted by Gasteiger charge is -2.17. The molecule has 1 aliphatic carbocycles. The number of likely N-dealkylation sites (tertiary alicyclic amines) is 1. The Labute approximate surface area is 71.9 Å². The third-order valence-corrected chi connectivity index (χ3v) is 2.60. The summed E-state index contributed by atoms with van der Waals surface area (Å²) in [6.45, 7) is 1.20. The number of carbonyl (C=O) groups excluding carboxylic acids is 1. The van der Waals surface area contributed by atoms with E-state index < -0.39 is 0 Å². The second-order valence-corrected chi connectivity index (χ2v) is 3.45. The molecule has 1 saturated heterocycles. The number of hydrogen-bond acceptors (Lipinski definition) is 3. The zero-order valence-corrected chi connectivity index (χ0v) is 7.25. The van der Waals surface area contributed by atoms with Crippen molar-refractivity contribution in [1.29, 1.82) is 0 Å². The monoisotopic (exact) mass is 170 g/mol. The maximum Gasteiger partial charge on any atom is 0.411 e. The van der Waals surface area contributed by atoms with E-state index in [0.29, 0.717) is 12.8 Å². The first-order valence-corrected chi connectivity index (χ1v) is 4.41. The van der Waals surface area contributed by atoms with Gasteiger partial charge in [0.15, 0.2) is 0 Å². The van der Waals surface area contributed by atoms with Gasteiger partial charge >= 0.3 is 6.09 Å². The lowest BCUT2D eigenvalue weighted by atomic mass is 10.3. The molecule has 1 saturated carbocycles. The number of nitrogens with one attached hydrogen (secondary N) is 1. The number of piperidine rings is 1. The Kier molecular flexibility index (Phi) is 1.92. The van der Waals surface area contributed by atoms with E-state index in [-0.39, 0.29) is 6.09 Å². The van der Waals surface area contributed by atoms with Crippen molar-refractivity contribution in [2.75, 3.05) is 20.3 Å². The summed E-state index contributed by atoms with van der Waals surface area (Å²) in [5.41, 5.74) is 0. The largest absolute Gasteiger partial charge is 0.433 e. The molecule has 12 heavy (non-hydrogen) atoms. The molecule has 0 radical (unpaired) electrons. The summed E-state index contributed by atoms with van der Waals surface area (Å²) in [6, 6.07) is 0.509. The van der Waals surface area contributed by atoms with Crippen molar-refractivity contribution < 1.29 is 9.53 Å². The van der Waals surface area contributed by atoms with E-state index in [1.54, 1.807) is 7.05 Å². The van der Waals surface area contributed by atoms with Crippen LogP contribution in [0.1, 0.15) is 12.8 Å². The summed E-state index contributed by atoms with van der Waals surface area (Å²) < 4.78 is 4.95. The van der Waals surface area contributed by atoms with Gasteiger partial charge in [-0.05, 0) is 25.8 Å². The number of hydrogen-bond donors (Lipinski definition) is 1. The fraction of sp³-hybridized carbons (Fsp3) is 0.875. The summed E-state index contributed by atoms with van der Waals surface area (Å²) in [5, 5.41) is 2.78. The highest BCUT2D eigenvalue weighted by Crippen LogP contribution is 2.44. The molecule has 0 spiro atoms. The number of rotatable bonds is 2. The van der Waals surface area contributed by atoms with Gasteiger partial charge in [0.1, 0.15) is 6.73 Å². The highest BCUT2D eigenvalue weighted by atomic mass is 16.6. The number of fused-ring (bicyclic) bond motifs is 1. The molecule has 0 aromatic heterocycles. The molecule has 2 aliphatic rings. The van der Waals surface area contributed by atoms with Crippen LogP contribution in [0.15, 0.2) is 0 Å². The van der Waals surface area contributed by atoms with Gasteiger partial charge in [-0.2, -0.15) is 0 Å². The average Bonchev–Trinajstić information content (AvgIpc) is 2.74. The SMILES string of the molecule is CNCOC(=O)N1CCC2CC21. The van der Waals surface area contributed by atoms with E-state index >= 15 is 0 Å². The normalized spacial score (nSPS) is 31.6.